The molecule has 2 N–H and O–H groups in total. The minimum atomic E-state index is -3.52. The van der Waals surface area contributed by atoms with Crippen molar-refractivity contribution in [2.45, 2.75) is 37.3 Å². The fourth-order valence-electron chi connectivity index (χ4n) is 2.19. The zero-order chi connectivity index (χ0) is 13.9. The molecule has 0 aliphatic carbocycles. The van der Waals surface area contributed by atoms with Crippen LogP contribution in [0.2, 0.25) is 0 Å². The third-order valence-corrected chi connectivity index (χ3v) is 4.77. The van der Waals surface area contributed by atoms with Crippen molar-refractivity contribution in [3.05, 3.63) is 24.3 Å². The maximum atomic E-state index is 12.4. The molecule has 0 bridgehead atoms. The molecule has 0 saturated carbocycles. The van der Waals surface area contributed by atoms with Gasteiger partial charge in [0.25, 0.3) is 0 Å². The van der Waals surface area contributed by atoms with Crippen LogP contribution >= 0.6 is 0 Å². The van der Waals surface area contributed by atoms with E-state index in [1.165, 1.54) is 0 Å². The van der Waals surface area contributed by atoms with Gasteiger partial charge in [0.2, 0.25) is 10.0 Å². The highest BCUT2D eigenvalue weighted by Gasteiger charge is 2.30. The first-order valence-corrected chi connectivity index (χ1v) is 7.99. The van der Waals surface area contributed by atoms with Crippen molar-refractivity contribution in [3.8, 4) is 0 Å². The van der Waals surface area contributed by atoms with E-state index in [0.29, 0.717) is 25.3 Å². The van der Waals surface area contributed by atoms with E-state index < -0.39 is 10.0 Å². The predicted octanol–water partition coefficient (Wildman–Crippen LogP) is 1.57. The van der Waals surface area contributed by atoms with E-state index in [1.807, 2.05) is 19.9 Å². The summed E-state index contributed by atoms with van der Waals surface area (Å²) < 4.78 is 33.0. The molecule has 6 heteroatoms. The van der Waals surface area contributed by atoms with E-state index in [9.17, 15) is 8.42 Å². The molecule has 1 aliphatic rings. The van der Waals surface area contributed by atoms with Crippen LogP contribution in [0.4, 0.5) is 5.69 Å². The first kappa shape index (κ1) is 14.3. The van der Waals surface area contributed by atoms with E-state index in [0.717, 1.165) is 0 Å². The van der Waals surface area contributed by atoms with E-state index in [2.05, 4.69) is 10.0 Å². The number of rotatable bonds is 5. The highest BCUT2D eigenvalue weighted by atomic mass is 32.2. The average Bonchev–Trinajstić information content (AvgIpc) is 2.75. The predicted molar refractivity (Wildman–Crippen MR) is 74.7 cm³/mol. The molecule has 1 aromatic carbocycles. The molecule has 2 rings (SSSR count). The van der Waals surface area contributed by atoms with Crippen molar-refractivity contribution < 1.29 is 13.2 Å². The third kappa shape index (κ3) is 3.26. The SMILES string of the molecule is CCNc1ccccc1S(=O)(=O)NC1CCOC1C. The van der Waals surface area contributed by atoms with E-state index in [4.69, 9.17) is 4.74 Å². The van der Waals surface area contributed by atoms with Gasteiger partial charge in [0.15, 0.2) is 0 Å². The van der Waals surface area contributed by atoms with Gasteiger partial charge in [-0.3, -0.25) is 0 Å². The molecular formula is C13H20N2O3S. The largest absolute Gasteiger partial charge is 0.384 e. The van der Waals surface area contributed by atoms with Gasteiger partial charge in [-0.2, -0.15) is 0 Å². The van der Waals surface area contributed by atoms with Crippen LogP contribution in [0.1, 0.15) is 20.3 Å². The Labute approximate surface area is 114 Å². The molecule has 0 radical (unpaired) electrons. The van der Waals surface area contributed by atoms with E-state index >= 15 is 0 Å². The van der Waals surface area contributed by atoms with Crippen LogP contribution in [0.25, 0.3) is 0 Å². The van der Waals surface area contributed by atoms with Crippen molar-refractivity contribution in [2.75, 3.05) is 18.5 Å². The third-order valence-electron chi connectivity index (χ3n) is 3.23. The molecule has 106 valence electrons. The molecule has 0 aromatic heterocycles. The van der Waals surface area contributed by atoms with Crippen molar-refractivity contribution in [3.63, 3.8) is 0 Å². The Hall–Kier alpha value is -1.11. The molecule has 1 aromatic rings. The van der Waals surface area contributed by atoms with Crippen molar-refractivity contribution in [1.29, 1.82) is 0 Å². The lowest BCUT2D eigenvalue weighted by atomic mass is 10.2. The fourth-order valence-corrected chi connectivity index (χ4v) is 3.71. The second-order valence-electron chi connectivity index (χ2n) is 4.62. The van der Waals surface area contributed by atoms with Gasteiger partial charge < -0.3 is 10.1 Å². The Morgan fingerprint density at radius 2 is 2.11 bits per heavy atom. The number of benzene rings is 1. The zero-order valence-electron chi connectivity index (χ0n) is 11.2. The fraction of sp³-hybridized carbons (Fsp3) is 0.538. The van der Waals surface area contributed by atoms with Crippen molar-refractivity contribution in [1.82, 2.24) is 4.72 Å². The lowest BCUT2D eigenvalue weighted by molar-refractivity contribution is 0.117. The Morgan fingerprint density at radius 3 is 2.74 bits per heavy atom. The molecule has 1 saturated heterocycles. The molecule has 2 atom stereocenters. The molecule has 1 fully saturated rings. The summed E-state index contributed by atoms with van der Waals surface area (Å²) in [5.41, 5.74) is 0.629. The molecule has 0 amide bonds. The first-order valence-electron chi connectivity index (χ1n) is 6.51. The van der Waals surface area contributed by atoms with Crippen LogP contribution in [-0.4, -0.2) is 33.7 Å². The summed E-state index contributed by atoms with van der Waals surface area (Å²) in [6, 6.07) is 6.77. The number of hydrogen-bond donors (Lipinski definition) is 2. The molecular weight excluding hydrogens is 264 g/mol. The second kappa shape index (κ2) is 5.90. The maximum Gasteiger partial charge on any atom is 0.242 e. The number of hydrogen-bond acceptors (Lipinski definition) is 4. The van der Waals surface area contributed by atoms with Gasteiger partial charge in [-0.25, -0.2) is 13.1 Å². The lowest BCUT2D eigenvalue weighted by Crippen LogP contribution is -2.39. The van der Waals surface area contributed by atoms with Crippen LogP contribution in [-0.2, 0) is 14.8 Å². The second-order valence-corrected chi connectivity index (χ2v) is 6.30. The summed E-state index contributed by atoms with van der Waals surface area (Å²) >= 11 is 0. The van der Waals surface area contributed by atoms with Gasteiger partial charge in [-0.15, -0.1) is 0 Å². The molecule has 2 unspecified atom stereocenters. The van der Waals surface area contributed by atoms with Crippen LogP contribution in [0, 0.1) is 0 Å². The van der Waals surface area contributed by atoms with Crippen LogP contribution < -0.4 is 10.0 Å². The Morgan fingerprint density at radius 1 is 1.37 bits per heavy atom. The van der Waals surface area contributed by atoms with E-state index in [1.54, 1.807) is 18.2 Å². The van der Waals surface area contributed by atoms with Gasteiger partial charge in [-0.1, -0.05) is 12.1 Å². The quantitative estimate of drug-likeness (QED) is 0.861. The number of nitrogens with one attached hydrogen (secondary N) is 2. The molecule has 1 heterocycles. The monoisotopic (exact) mass is 284 g/mol. The topological polar surface area (TPSA) is 67.4 Å². The highest BCUT2D eigenvalue weighted by molar-refractivity contribution is 7.89. The summed E-state index contributed by atoms with van der Waals surface area (Å²) in [5, 5.41) is 3.07. The van der Waals surface area contributed by atoms with Gasteiger partial charge in [-0.05, 0) is 32.4 Å². The lowest BCUT2D eigenvalue weighted by Gasteiger charge is -2.18. The maximum absolute atomic E-state index is 12.4. The number of para-hydroxylation sites is 1. The summed E-state index contributed by atoms with van der Waals surface area (Å²) in [4.78, 5) is 0.288. The Kier molecular flexibility index (Phi) is 4.44. The van der Waals surface area contributed by atoms with Gasteiger partial charge in [0, 0.05) is 13.2 Å². The Bertz CT molecular complexity index is 530. The number of ether oxygens (including phenoxy) is 1. The van der Waals surface area contributed by atoms with Crippen LogP contribution in [0.5, 0.6) is 0 Å². The smallest absolute Gasteiger partial charge is 0.242 e. The van der Waals surface area contributed by atoms with Gasteiger partial charge in [0.05, 0.1) is 17.8 Å². The summed E-state index contributed by atoms with van der Waals surface area (Å²) in [7, 11) is -3.52. The molecule has 0 spiro atoms. The zero-order valence-corrected chi connectivity index (χ0v) is 12.0. The van der Waals surface area contributed by atoms with E-state index in [-0.39, 0.29) is 17.0 Å². The van der Waals surface area contributed by atoms with Gasteiger partial charge in [0.1, 0.15) is 4.90 Å². The summed E-state index contributed by atoms with van der Waals surface area (Å²) in [6.07, 6.45) is 0.630. The molecule has 5 nitrogen and oxygen atoms in total. The van der Waals surface area contributed by atoms with Crippen LogP contribution in [0.15, 0.2) is 29.2 Å². The standard InChI is InChI=1S/C13H20N2O3S/c1-3-14-12-6-4-5-7-13(12)19(16,17)15-11-8-9-18-10(11)2/h4-7,10-11,14-15H,3,8-9H2,1-2H3. The first-order chi connectivity index (χ1) is 9.04. The number of anilines is 1. The number of sulfonamides is 1. The minimum absolute atomic E-state index is 0.0823. The Balaban J connectivity index is 2.24. The van der Waals surface area contributed by atoms with Gasteiger partial charge >= 0.3 is 0 Å². The van der Waals surface area contributed by atoms with Crippen molar-refractivity contribution >= 4 is 15.7 Å². The van der Waals surface area contributed by atoms with Crippen molar-refractivity contribution in [2.24, 2.45) is 0 Å². The highest BCUT2D eigenvalue weighted by Crippen LogP contribution is 2.22. The normalized spacial score (nSPS) is 23.5. The molecule has 19 heavy (non-hydrogen) atoms. The average molecular weight is 284 g/mol. The molecule has 1 aliphatic heterocycles. The van der Waals surface area contributed by atoms with Crippen LogP contribution in [0.3, 0.4) is 0 Å². The summed E-state index contributed by atoms with van der Waals surface area (Å²) in [5.74, 6) is 0. The summed E-state index contributed by atoms with van der Waals surface area (Å²) in [6.45, 7) is 5.10. The minimum Gasteiger partial charge on any atom is -0.384 e.